The lowest BCUT2D eigenvalue weighted by atomic mass is 9.87. The third kappa shape index (κ3) is 6.94. The number of carbonyl (C=O) groups excluding carboxylic acids is 1. The number of amides is 1. The Morgan fingerprint density at radius 3 is 2.03 bits per heavy atom. The molecule has 35 heavy (non-hydrogen) atoms. The molecule has 0 bridgehead atoms. The highest BCUT2D eigenvalue weighted by Crippen LogP contribution is 2.39. The van der Waals surface area contributed by atoms with Gasteiger partial charge in [0.25, 0.3) is 5.91 Å². The lowest BCUT2D eigenvalue weighted by Crippen LogP contribution is -2.44. The molecule has 6 nitrogen and oxygen atoms in total. The number of hydrogen-bond donors (Lipinski definition) is 2. The highest BCUT2D eigenvalue weighted by atomic mass is 19.4. The van der Waals surface area contributed by atoms with Crippen molar-refractivity contribution in [3.05, 3.63) is 65.5 Å². The molecule has 2 heterocycles. The van der Waals surface area contributed by atoms with E-state index in [4.69, 9.17) is 9.90 Å². The first kappa shape index (κ1) is 26.5. The highest BCUT2D eigenvalue weighted by molar-refractivity contribution is 5.94. The SMILES string of the molecule is O=C(O)C(F)(F)F.O=C(c1ccc(O)cc1)N1CCCC2(CCCN2Cc2ccc(F)cc2)CC1. The average Bonchev–Trinajstić information content (AvgIpc) is 3.05. The summed E-state index contributed by atoms with van der Waals surface area (Å²) in [5.74, 6) is -2.74. The van der Waals surface area contributed by atoms with E-state index in [1.54, 1.807) is 24.3 Å². The predicted molar refractivity (Wildman–Crippen MR) is 120 cm³/mol. The Balaban J connectivity index is 0.000000429. The van der Waals surface area contributed by atoms with E-state index in [9.17, 15) is 27.5 Å². The number of phenolic OH excluding ortho intramolecular Hbond substituents is 1. The Morgan fingerprint density at radius 2 is 1.46 bits per heavy atom. The zero-order valence-corrected chi connectivity index (χ0v) is 19.1. The van der Waals surface area contributed by atoms with Crippen LogP contribution in [0.4, 0.5) is 17.6 Å². The molecule has 0 radical (unpaired) electrons. The molecule has 190 valence electrons. The summed E-state index contributed by atoms with van der Waals surface area (Å²) in [6.07, 6.45) is 0.303. The second kappa shape index (κ2) is 11.1. The molecule has 1 spiro atoms. The molecule has 10 heteroatoms. The minimum atomic E-state index is -5.08. The fourth-order valence-corrected chi connectivity index (χ4v) is 4.79. The van der Waals surface area contributed by atoms with Crippen LogP contribution in [0, 0.1) is 5.82 Å². The van der Waals surface area contributed by atoms with Crippen LogP contribution in [0.5, 0.6) is 5.75 Å². The van der Waals surface area contributed by atoms with E-state index in [-0.39, 0.29) is 23.0 Å². The van der Waals surface area contributed by atoms with Crippen LogP contribution in [0.3, 0.4) is 0 Å². The molecule has 0 aromatic heterocycles. The first-order chi connectivity index (χ1) is 16.5. The maximum atomic E-state index is 13.2. The maximum absolute atomic E-state index is 13.2. The number of rotatable bonds is 3. The van der Waals surface area contributed by atoms with Crippen molar-refractivity contribution in [3.63, 3.8) is 0 Å². The van der Waals surface area contributed by atoms with Crippen molar-refractivity contribution in [2.45, 2.75) is 50.4 Å². The summed E-state index contributed by atoms with van der Waals surface area (Å²) in [5, 5.41) is 16.6. The molecule has 1 atom stereocenters. The number of phenols is 1. The summed E-state index contributed by atoms with van der Waals surface area (Å²) in [4.78, 5) is 26.3. The van der Waals surface area contributed by atoms with Crippen LogP contribution in [0.2, 0.25) is 0 Å². The molecule has 2 aliphatic rings. The molecule has 2 aliphatic heterocycles. The van der Waals surface area contributed by atoms with Crippen LogP contribution in [-0.4, -0.2) is 63.2 Å². The van der Waals surface area contributed by atoms with Crippen molar-refractivity contribution in [1.82, 2.24) is 9.80 Å². The van der Waals surface area contributed by atoms with Gasteiger partial charge in [-0.05, 0) is 80.6 Å². The number of carboxylic acid groups (broad SMARTS) is 1. The Bertz CT molecular complexity index is 1010. The Kier molecular flexibility index (Phi) is 8.37. The number of nitrogens with zero attached hydrogens (tertiary/aromatic N) is 2. The summed E-state index contributed by atoms with van der Waals surface area (Å²) in [7, 11) is 0. The second-order valence-corrected chi connectivity index (χ2v) is 8.87. The Morgan fingerprint density at radius 1 is 0.886 bits per heavy atom. The van der Waals surface area contributed by atoms with Gasteiger partial charge in [0, 0.05) is 30.7 Å². The summed E-state index contributed by atoms with van der Waals surface area (Å²) < 4.78 is 45.0. The summed E-state index contributed by atoms with van der Waals surface area (Å²) in [6, 6.07) is 13.3. The van der Waals surface area contributed by atoms with Crippen molar-refractivity contribution in [1.29, 1.82) is 0 Å². The van der Waals surface area contributed by atoms with Gasteiger partial charge in [-0.15, -0.1) is 0 Å². The summed E-state index contributed by atoms with van der Waals surface area (Å²) in [5.41, 5.74) is 1.91. The van der Waals surface area contributed by atoms with Crippen molar-refractivity contribution < 1.29 is 37.4 Å². The van der Waals surface area contributed by atoms with Gasteiger partial charge in [-0.2, -0.15) is 13.2 Å². The molecule has 4 rings (SSSR count). The number of likely N-dealkylation sites (tertiary alicyclic amines) is 2. The Labute approximate surface area is 200 Å². The molecular formula is C25H28F4N2O4. The van der Waals surface area contributed by atoms with Gasteiger partial charge in [0.1, 0.15) is 11.6 Å². The monoisotopic (exact) mass is 496 g/mol. The molecule has 2 aromatic rings. The average molecular weight is 497 g/mol. The molecule has 1 unspecified atom stereocenters. The minimum Gasteiger partial charge on any atom is -0.508 e. The van der Waals surface area contributed by atoms with Gasteiger partial charge >= 0.3 is 12.1 Å². The number of benzene rings is 2. The van der Waals surface area contributed by atoms with Crippen LogP contribution in [0.15, 0.2) is 48.5 Å². The number of aliphatic carboxylic acids is 1. The molecule has 2 fully saturated rings. The topological polar surface area (TPSA) is 81.1 Å². The molecule has 1 amide bonds. The van der Waals surface area contributed by atoms with Crippen molar-refractivity contribution in [2.24, 2.45) is 0 Å². The van der Waals surface area contributed by atoms with Crippen LogP contribution >= 0.6 is 0 Å². The van der Waals surface area contributed by atoms with Crippen molar-refractivity contribution >= 4 is 11.9 Å². The zero-order chi connectivity index (χ0) is 25.6. The summed E-state index contributed by atoms with van der Waals surface area (Å²) >= 11 is 0. The quantitative estimate of drug-likeness (QED) is 0.596. The van der Waals surface area contributed by atoms with Gasteiger partial charge in [0.05, 0.1) is 0 Å². The normalized spacial score (nSPS) is 20.7. The van der Waals surface area contributed by atoms with E-state index in [1.807, 2.05) is 17.0 Å². The van der Waals surface area contributed by atoms with E-state index in [1.165, 1.54) is 18.6 Å². The van der Waals surface area contributed by atoms with Gasteiger partial charge in [0.15, 0.2) is 0 Å². The van der Waals surface area contributed by atoms with Gasteiger partial charge < -0.3 is 15.1 Å². The Hall–Kier alpha value is -3.14. The molecule has 0 saturated carbocycles. The van der Waals surface area contributed by atoms with E-state index in [2.05, 4.69) is 4.90 Å². The van der Waals surface area contributed by atoms with Crippen LogP contribution in [0.25, 0.3) is 0 Å². The number of aromatic hydroxyl groups is 1. The molecule has 2 aromatic carbocycles. The number of halogens is 4. The van der Waals surface area contributed by atoms with E-state index >= 15 is 0 Å². The molecule has 2 N–H and O–H groups in total. The number of alkyl halides is 3. The van der Waals surface area contributed by atoms with Crippen molar-refractivity contribution in [3.8, 4) is 5.75 Å². The zero-order valence-electron chi connectivity index (χ0n) is 19.1. The van der Waals surface area contributed by atoms with Crippen LogP contribution in [0.1, 0.15) is 48.0 Å². The fourth-order valence-electron chi connectivity index (χ4n) is 4.79. The first-order valence-electron chi connectivity index (χ1n) is 11.4. The summed E-state index contributed by atoms with van der Waals surface area (Å²) in [6.45, 7) is 3.42. The van der Waals surface area contributed by atoms with E-state index in [0.717, 1.165) is 57.4 Å². The third-order valence-electron chi connectivity index (χ3n) is 6.59. The van der Waals surface area contributed by atoms with Gasteiger partial charge in [0.2, 0.25) is 0 Å². The van der Waals surface area contributed by atoms with Crippen LogP contribution < -0.4 is 0 Å². The first-order valence-corrected chi connectivity index (χ1v) is 11.4. The van der Waals surface area contributed by atoms with Gasteiger partial charge in [-0.3, -0.25) is 9.69 Å². The molecular weight excluding hydrogens is 468 g/mol. The standard InChI is InChI=1S/C23H27FN2O2.C2HF3O2/c24-20-7-3-18(4-8-20)17-26-15-2-12-23(26)11-1-14-25(16-13-23)22(28)19-5-9-21(27)10-6-19;3-2(4,5)1(6)7/h3-10,27H,1-2,11-17H2;(H,6,7). The van der Waals surface area contributed by atoms with E-state index in [0.29, 0.717) is 5.56 Å². The molecule has 0 aliphatic carbocycles. The smallest absolute Gasteiger partial charge is 0.490 e. The predicted octanol–water partition coefficient (Wildman–Crippen LogP) is 4.83. The van der Waals surface area contributed by atoms with Gasteiger partial charge in [-0.1, -0.05) is 12.1 Å². The second-order valence-electron chi connectivity index (χ2n) is 8.87. The number of hydrogen-bond acceptors (Lipinski definition) is 4. The van der Waals surface area contributed by atoms with Crippen molar-refractivity contribution in [2.75, 3.05) is 19.6 Å². The third-order valence-corrected chi connectivity index (χ3v) is 6.59. The largest absolute Gasteiger partial charge is 0.508 e. The lowest BCUT2D eigenvalue weighted by molar-refractivity contribution is -0.192. The number of carboxylic acids is 1. The minimum absolute atomic E-state index is 0.0418. The van der Waals surface area contributed by atoms with Gasteiger partial charge in [-0.25, -0.2) is 9.18 Å². The van der Waals surface area contributed by atoms with Crippen LogP contribution in [-0.2, 0) is 11.3 Å². The number of carbonyl (C=O) groups is 2. The molecule has 2 saturated heterocycles. The van der Waals surface area contributed by atoms with E-state index < -0.39 is 12.1 Å². The fraction of sp³-hybridized carbons (Fsp3) is 0.440. The lowest BCUT2D eigenvalue weighted by Gasteiger charge is -2.38. The highest BCUT2D eigenvalue weighted by Gasteiger charge is 2.42. The maximum Gasteiger partial charge on any atom is 0.490 e.